The third-order valence-electron chi connectivity index (χ3n) is 2.53. The van der Waals surface area contributed by atoms with E-state index in [9.17, 15) is 9.90 Å². The Morgan fingerprint density at radius 3 is 2.53 bits per heavy atom. The summed E-state index contributed by atoms with van der Waals surface area (Å²) in [5.41, 5.74) is 0.960. The average molecular weight is 238 g/mol. The van der Waals surface area contributed by atoms with E-state index in [1.54, 1.807) is 24.3 Å². The summed E-state index contributed by atoms with van der Waals surface area (Å²) in [5.74, 6) is -0.0900. The van der Waals surface area contributed by atoms with Gasteiger partial charge in [-0.15, -0.1) is 0 Å². The molecule has 1 aromatic rings. The molecule has 1 atom stereocenters. The molecule has 94 valence electrons. The molecule has 0 aliphatic heterocycles. The Bertz CT molecular complexity index is 345. The minimum absolute atomic E-state index is 0.0389. The lowest BCUT2D eigenvalue weighted by atomic mass is 9.96. The van der Waals surface area contributed by atoms with Crippen molar-refractivity contribution in [2.24, 2.45) is 0 Å². The maximum absolute atomic E-state index is 11.3. The van der Waals surface area contributed by atoms with Crippen molar-refractivity contribution in [3.8, 4) is 5.75 Å². The number of carbonyl (C=O) groups is 1. The molecule has 1 rings (SSSR count). The Hall–Kier alpha value is -1.55. The minimum Gasteiger partial charge on any atom is -0.508 e. The largest absolute Gasteiger partial charge is 0.508 e. The van der Waals surface area contributed by atoms with Crippen LogP contribution in [0.15, 0.2) is 24.3 Å². The Kier molecular flexibility index (Phi) is 5.49. The highest BCUT2D eigenvalue weighted by molar-refractivity contribution is 5.70. The van der Waals surface area contributed by atoms with Gasteiger partial charge in [0.25, 0.3) is 0 Å². The summed E-state index contributed by atoms with van der Waals surface area (Å²) in [7, 11) is 1.37. The number of rotatable bonds is 6. The van der Waals surface area contributed by atoms with Gasteiger partial charge in [-0.25, -0.2) is 0 Å². The molecular weight excluding hydrogens is 220 g/mol. The molecule has 0 bridgehead atoms. The summed E-state index contributed by atoms with van der Waals surface area (Å²) in [5, 5.41) is 9.22. The number of methoxy groups -OCH3 is 1. The van der Waals surface area contributed by atoms with E-state index in [-0.39, 0.29) is 24.1 Å². The highest BCUT2D eigenvalue weighted by atomic mass is 16.5. The fourth-order valence-corrected chi connectivity index (χ4v) is 1.56. The van der Waals surface area contributed by atoms with Gasteiger partial charge >= 0.3 is 5.97 Å². The van der Waals surface area contributed by atoms with Gasteiger partial charge in [0, 0.05) is 12.5 Å². The lowest BCUT2D eigenvalue weighted by Gasteiger charge is -2.16. The van der Waals surface area contributed by atoms with Crippen LogP contribution in [-0.4, -0.2) is 31.4 Å². The number of benzene rings is 1. The summed E-state index contributed by atoms with van der Waals surface area (Å²) in [6.45, 7) is 2.98. The monoisotopic (exact) mass is 238 g/mol. The van der Waals surface area contributed by atoms with Crippen LogP contribution in [0.4, 0.5) is 0 Å². The zero-order chi connectivity index (χ0) is 12.7. The molecule has 0 saturated carbocycles. The predicted molar refractivity (Wildman–Crippen MR) is 64.0 cm³/mol. The zero-order valence-corrected chi connectivity index (χ0v) is 10.2. The van der Waals surface area contributed by atoms with Gasteiger partial charge in [0.2, 0.25) is 0 Å². The third-order valence-corrected chi connectivity index (χ3v) is 2.53. The topological polar surface area (TPSA) is 55.8 Å². The molecule has 0 aliphatic rings. The van der Waals surface area contributed by atoms with Crippen molar-refractivity contribution in [2.45, 2.75) is 19.3 Å². The second-order valence-corrected chi connectivity index (χ2v) is 3.73. The van der Waals surface area contributed by atoms with Crippen molar-refractivity contribution in [2.75, 3.05) is 20.3 Å². The number of esters is 1. The summed E-state index contributed by atoms with van der Waals surface area (Å²) >= 11 is 0. The van der Waals surface area contributed by atoms with Gasteiger partial charge < -0.3 is 14.6 Å². The second kappa shape index (κ2) is 6.91. The molecule has 0 saturated heterocycles. The molecule has 0 radical (unpaired) electrons. The summed E-state index contributed by atoms with van der Waals surface area (Å²) in [6.07, 6.45) is 0.279. The fraction of sp³-hybridized carbons (Fsp3) is 0.462. The van der Waals surface area contributed by atoms with E-state index in [1.807, 2.05) is 6.92 Å². The summed E-state index contributed by atoms with van der Waals surface area (Å²) in [6, 6.07) is 6.79. The lowest BCUT2D eigenvalue weighted by Crippen LogP contribution is -2.14. The number of carbonyl (C=O) groups excluding carboxylic acids is 1. The normalized spacial score (nSPS) is 12.1. The number of hydrogen-bond donors (Lipinski definition) is 1. The van der Waals surface area contributed by atoms with E-state index >= 15 is 0 Å². The zero-order valence-electron chi connectivity index (χ0n) is 10.2. The smallest absolute Gasteiger partial charge is 0.306 e. The van der Waals surface area contributed by atoms with Crippen molar-refractivity contribution in [1.29, 1.82) is 0 Å². The van der Waals surface area contributed by atoms with Gasteiger partial charge in [-0.3, -0.25) is 4.79 Å². The van der Waals surface area contributed by atoms with Crippen molar-refractivity contribution >= 4 is 5.97 Å². The Labute approximate surface area is 101 Å². The maximum atomic E-state index is 11.3. The molecule has 0 heterocycles. The highest BCUT2D eigenvalue weighted by Crippen LogP contribution is 2.22. The number of ether oxygens (including phenoxy) is 2. The van der Waals surface area contributed by atoms with Crippen LogP contribution >= 0.6 is 0 Å². The van der Waals surface area contributed by atoms with Crippen molar-refractivity contribution in [3.05, 3.63) is 29.8 Å². The van der Waals surface area contributed by atoms with Crippen molar-refractivity contribution < 1.29 is 19.4 Å². The van der Waals surface area contributed by atoms with E-state index < -0.39 is 0 Å². The van der Waals surface area contributed by atoms with Gasteiger partial charge in [0.05, 0.1) is 20.1 Å². The van der Waals surface area contributed by atoms with Crippen molar-refractivity contribution in [1.82, 2.24) is 0 Å². The Morgan fingerprint density at radius 2 is 2.00 bits per heavy atom. The van der Waals surface area contributed by atoms with E-state index in [0.717, 1.165) is 5.56 Å². The molecule has 4 heteroatoms. The van der Waals surface area contributed by atoms with Crippen molar-refractivity contribution in [3.63, 3.8) is 0 Å². The molecule has 17 heavy (non-hydrogen) atoms. The molecule has 1 N–H and O–H groups in total. The molecule has 0 spiro atoms. The van der Waals surface area contributed by atoms with Crippen LogP contribution < -0.4 is 0 Å². The minimum atomic E-state index is -0.261. The predicted octanol–water partition coefficient (Wildman–Crippen LogP) is 2.08. The van der Waals surface area contributed by atoms with Crippen LogP contribution in [0.3, 0.4) is 0 Å². The molecule has 1 aromatic carbocycles. The molecule has 4 nitrogen and oxygen atoms in total. The van der Waals surface area contributed by atoms with Gasteiger partial charge in [-0.2, -0.15) is 0 Å². The maximum Gasteiger partial charge on any atom is 0.306 e. The van der Waals surface area contributed by atoms with Gasteiger partial charge in [0.15, 0.2) is 0 Å². The first-order valence-corrected chi connectivity index (χ1v) is 5.60. The van der Waals surface area contributed by atoms with Crippen LogP contribution in [0.1, 0.15) is 24.8 Å². The Balaban J connectivity index is 2.74. The van der Waals surface area contributed by atoms with Crippen LogP contribution in [0.25, 0.3) is 0 Å². The van der Waals surface area contributed by atoms with Crippen LogP contribution in [0, 0.1) is 0 Å². The van der Waals surface area contributed by atoms with Crippen LogP contribution in [0.2, 0.25) is 0 Å². The molecule has 0 aromatic heterocycles. The first-order chi connectivity index (χ1) is 8.17. The standard InChI is InChI=1S/C13H18O4/c1-3-17-9-11(8-13(15)16-2)10-4-6-12(14)7-5-10/h4-7,11,14H,3,8-9H2,1-2H3. The van der Waals surface area contributed by atoms with Gasteiger partial charge in [0.1, 0.15) is 5.75 Å². The molecule has 0 fully saturated rings. The quantitative estimate of drug-likeness (QED) is 0.771. The van der Waals surface area contributed by atoms with Gasteiger partial charge in [-0.1, -0.05) is 12.1 Å². The van der Waals surface area contributed by atoms with E-state index in [2.05, 4.69) is 4.74 Å². The number of hydrogen-bond acceptors (Lipinski definition) is 4. The molecule has 0 aliphatic carbocycles. The fourth-order valence-electron chi connectivity index (χ4n) is 1.56. The summed E-state index contributed by atoms with van der Waals surface area (Å²) in [4.78, 5) is 11.3. The number of aromatic hydroxyl groups is 1. The van der Waals surface area contributed by atoms with E-state index in [4.69, 9.17) is 4.74 Å². The average Bonchev–Trinajstić information content (AvgIpc) is 2.35. The van der Waals surface area contributed by atoms with Gasteiger partial charge in [-0.05, 0) is 24.6 Å². The first-order valence-electron chi connectivity index (χ1n) is 5.60. The molecule has 1 unspecified atom stereocenters. The highest BCUT2D eigenvalue weighted by Gasteiger charge is 2.16. The SMILES string of the molecule is CCOCC(CC(=O)OC)c1ccc(O)cc1. The molecular formula is C13H18O4. The Morgan fingerprint density at radius 1 is 1.35 bits per heavy atom. The third kappa shape index (κ3) is 4.44. The lowest BCUT2D eigenvalue weighted by molar-refractivity contribution is -0.141. The van der Waals surface area contributed by atoms with Crippen LogP contribution in [-0.2, 0) is 14.3 Å². The number of phenols is 1. The molecule has 0 amide bonds. The number of phenolic OH excluding ortho intramolecular Hbond substituents is 1. The van der Waals surface area contributed by atoms with E-state index in [1.165, 1.54) is 7.11 Å². The van der Waals surface area contributed by atoms with E-state index in [0.29, 0.717) is 13.2 Å². The first kappa shape index (κ1) is 13.5. The summed E-state index contributed by atoms with van der Waals surface area (Å²) < 4.78 is 10.0. The second-order valence-electron chi connectivity index (χ2n) is 3.73. The van der Waals surface area contributed by atoms with Crippen LogP contribution in [0.5, 0.6) is 5.75 Å².